The van der Waals surface area contributed by atoms with Crippen LogP contribution < -0.4 is 4.74 Å². The fraction of sp³-hybridized carbons (Fsp3) is 0.100. The predicted molar refractivity (Wildman–Crippen MR) is 61.9 cm³/mol. The minimum absolute atomic E-state index is 0.0998. The van der Waals surface area contributed by atoms with Gasteiger partial charge in [0.1, 0.15) is 0 Å². The van der Waals surface area contributed by atoms with Crippen LogP contribution in [0, 0.1) is 0 Å². The summed E-state index contributed by atoms with van der Waals surface area (Å²) in [5.74, 6) is -1.68. The lowest BCUT2D eigenvalue weighted by atomic mass is 10.3. The van der Waals surface area contributed by atoms with Crippen LogP contribution >= 0.6 is 34.8 Å². The average molecular weight is 271 g/mol. The van der Waals surface area contributed by atoms with E-state index in [0.717, 1.165) is 0 Å². The summed E-state index contributed by atoms with van der Waals surface area (Å²) in [5.41, 5.74) is -1.07. The number of benzene rings is 1. The second kappa shape index (κ2) is 4.88. The Bertz CT molecular complexity index is 556. The Morgan fingerprint density at radius 1 is 1.47 bits per heavy atom. The Morgan fingerprint density at radius 2 is 2.07 bits per heavy atom. The monoisotopic (exact) mass is 269 g/mol. The van der Waals surface area contributed by atoms with Crippen molar-refractivity contribution in [3.63, 3.8) is 0 Å². The second-order valence-electron chi connectivity index (χ2n) is 2.46. The summed E-state index contributed by atoms with van der Waals surface area (Å²) in [5, 5.41) is 0.00237. The Hall–Kier alpha value is -0.700. The van der Waals surface area contributed by atoms with Gasteiger partial charge in [-0.1, -0.05) is 41.3 Å². The van der Waals surface area contributed by atoms with Crippen molar-refractivity contribution < 1.29 is 16.4 Å². The molecule has 0 aliphatic rings. The summed E-state index contributed by atoms with van der Waals surface area (Å²) >= 11 is 17.2. The van der Waals surface area contributed by atoms with E-state index < -0.39 is 24.9 Å². The van der Waals surface area contributed by atoms with Crippen LogP contribution in [0.1, 0.15) is 13.7 Å². The van der Waals surface area contributed by atoms with Gasteiger partial charge in [-0.3, -0.25) is 0 Å². The van der Waals surface area contributed by atoms with Crippen LogP contribution in [-0.4, -0.2) is 5.97 Å². The number of hydrogen-bond acceptors (Lipinski definition) is 2. The van der Waals surface area contributed by atoms with E-state index in [9.17, 15) is 4.79 Å². The molecule has 0 radical (unpaired) electrons. The standard InChI is InChI=1S/C10H7Cl3O2/c1-5(2)10(14)15-9-7(12)3-6(11)4-8(9)13/h3-4H,1H2,2H3/i1D2,2D3. The number of carbonyl (C=O) groups excluding carboxylic acids is 1. The van der Waals surface area contributed by atoms with Gasteiger partial charge in [-0.2, -0.15) is 0 Å². The zero-order chi connectivity index (χ0) is 15.7. The molecule has 0 spiro atoms. The Balaban J connectivity index is 3.18. The lowest BCUT2D eigenvalue weighted by Crippen LogP contribution is -2.08. The Kier molecular flexibility index (Phi) is 2.21. The second-order valence-corrected chi connectivity index (χ2v) is 3.71. The zero-order valence-electron chi connectivity index (χ0n) is 12.1. The number of halogens is 3. The number of rotatable bonds is 2. The molecular formula is C10H7Cl3O2. The molecule has 0 aliphatic carbocycles. The molecule has 1 aromatic carbocycles. The largest absolute Gasteiger partial charge is 0.420 e. The van der Waals surface area contributed by atoms with Gasteiger partial charge in [-0.05, 0) is 19.0 Å². The average Bonchev–Trinajstić information content (AvgIpc) is 2.20. The molecule has 0 amide bonds. The van der Waals surface area contributed by atoms with Crippen molar-refractivity contribution in [1.29, 1.82) is 0 Å². The summed E-state index contributed by atoms with van der Waals surface area (Å²) in [4.78, 5) is 11.8. The molecule has 0 saturated carbocycles. The summed E-state index contributed by atoms with van der Waals surface area (Å²) in [6, 6.07) is 2.50. The fourth-order valence-electron chi connectivity index (χ4n) is 0.770. The number of hydrogen-bond donors (Lipinski definition) is 0. The molecule has 1 rings (SSSR count). The molecule has 0 heterocycles. The van der Waals surface area contributed by atoms with Crippen molar-refractivity contribution in [3.8, 4) is 5.75 Å². The number of ether oxygens (including phenoxy) is 1. The van der Waals surface area contributed by atoms with Crippen molar-refractivity contribution >= 4 is 40.8 Å². The fourth-order valence-corrected chi connectivity index (χ4v) is 1.66. The number of esters is 1. The van der Waals surface area contributed by atoms with Gasteiger partial charge in [0.25, 0.3) is 0 Å². The Morgan fingerprint density at radius 3 is 2.53 bits per heavy atom. The molecule has 0 aliphatic heterocycles. The zero-order valence-corrected chi connectivity index (χ0v) is 9.37. The maximum atomic E-state index is 11.8. The maximum absolute atomic E-state index is 11.8. The van der Waals surface area contributed by atoms with E-state index in [1.807, 2.05) is 0 Å². The lowest BCUT2D eigenvalue weighted by Gasteiger charge is -2.08. The molecule has 0 bridgehead atoms. The third-order valence-corrected chi connectivity index (χ3v) is 2.14. The molecule has 0 atom stereocenters. The van der Waals surface area contributed by atoms with Crippen LogP contribution in [0.5, 0.6) is 5.75 Å². The quantitative estimate of drug-likeness (QED) is 0.459. The normalized spacial score (nSPS) is 15.3. The van der Waals surface area contributed by atoms with Gasteiger partial charge < -0.3 is 4.74 Å². The molecule has 5 heteroatoms. The van der Waals surface area contributed by atoms with E-state index in [1.165, 1.54) is 12.1 Å². The van der Waals surface area contributed by atoms with Crippen molar-refractivity contribution in [2.45, 2.75) is 6.85 Å². The highest BCUT2D eigenvalue weighted by Crippen LogP contribution is 2.36. The topological polar surface area (TPSA) is 26.3 Å². The van der Waals surface area contributed by atoms with Gasteiger partial charge in [0.15, 0.2) is 5.75 Å². The van der Waals surface area contributed by atoms with Crippen molar-refractivity contribution in [2.24, 2.45) is 0 Å². The third-order valence-electron chi connectivity index (χ3n) is 1.36. The Labute approximate surface area is 109 Å². The molecular weight excluding hydrogens is 258 g/mol. The van der Waals surface area contributed by atoms with Crippen LogP contribution in [0.15, 0.2) is 24.2 Å². The predicted octanol–water partition coefficient (Wildman–Crippen LogP) is 4.13. The third kappa shape index (κ3) is 3.13. The van der Waals surface area contributed by atoms with Gasteiger partial charge in [0.2, 0.25) is 0 Å². The summed E-state index contributed by atoms with van der Waals surface area (Å²) < 4.78 is 40.1. The van der Waals surface area contributed by atoms with Crippen molar-refractivity contribution in [2.75, 3.05) is 0 Å². The highest BCUT2D eigenvalue weighted by molar-refractivity contribution is 6.40. The van der Waals surface area contributed by atoms with E-state index in [2.05, 4.69) is 0 Å². The van der Waals surface area contributed by atoms with E-state index in [4.69, 9.17) is 46.4 Å². The molecule has 1 aromatic rings. The summed E-state index contributed by atoms with van der Waals surface area (Å²) in [6.45, 7) is -4.13. The molecule has 15 heavy (non-hydrogen) atoms. The van der Waals surface area contributed by atoms with Crippen LogP contribution in [0.25, 0.3) is 0 Å². The van der Waals surface area contributed by atoms with Gasteiger partial charge >= 0.3 is 5.97 Å². The van der Waals surface area contributed by atoms with E-state index in [-0.39, 0.29) is 20.8 Å². The van der Waals surface area contributed by atoms with Gasteiger partial charge in [0, 0.05) is 14.7 Å². The first-order chi connectivity index (χ1) is 9.04. The maximum Gasteiger partial charge on any atom is 0.338 e. The SMILES string of the molecule is [2H]C([2H])=C(C(=O)Oc1c(Cl)cc(Cl)cc1Cl)C([2H])([2H])[2H]. The molecule has 0 unspecified atom stereocenters. The van der Waals surface area contributed by atoms with Gasteiger partial charge in [-0.15, -0.1) is 0 Å². The highest BCUT2D eigenvalue weighted by Gasteiger charge is 2.13. The van der Waals surface area contributed by atoms with E-state index in [0.29, 0.717) is 0 Å². The highest BCUT2D eigenvalue weighted by atomic mass is 35.5. The minimum Gasteiger partial charge on any atom is -0.420 e. The lowest BCUT2D eigenvalue weighted by molar-refractivity contribution is -0.130. The van der Waals surface area contributed by atoms with Crippen LogP contribution in [-0.2, 0) is 4.79 Å². The van der Waals surface area contributed by atoms with Crippen LogP contribution in [0.4, 0.5) is 0 Å². The van der Waals surface area contributed by atoms with E-state index >= 15 is 0 Å². The minimum atomic E-state index is -2.96. The van der Waals surface area contributed by atoms with E-state index in [1.54, 1.807) is 0 Å². The molecule has 2 nitrogen and oxygen atoms in total. The smallest absolute Gasteiger partial charge is 0.338 e. The van der Waals surface area contributed by atoms with Gasteiger partial charge in [-0.25, -0.2) is 4.79 Å². The van der Waals surface area contributed by atoms with Crippen molar-refractivity contribution in [3.05, 3.63) is 39.3 Å². The molecule has 0 fully saturated rings. The molecule has 0 N–H and O–H groups in total. The molecule has 80 valence electrons. The summed E-state index contributed by atoms with van der Waals surface area (Å²) in [6.07, 6.45) is 0. The first-order valence-electron chi connectivity index (χ1n) is 6.08. The summed E-state index contributed by atoms with van der Waals surface area (Å²) in [7, 11) is 0. The molecule has 0 aromatic heterocycles. The van der Waals surface area contributed by atoms with Crippen LogP contribution in [0.2, 0.25) is 15.1 Å². The van der Waals surface area contributed by atoms with Crippen LogP contribution in [0.3, 0.4) is 0 Å². The van der Waals surface area contributed by atoms with Gasteiger partial charge in [0.05, 0.1) is 12.8 Å². The van der Waals surface area contributed by atoms with Crippen molar-refractivity contribution in [1.82, 2.24) is 0 Å². The first kappa shape index (κ1) is 6.79. The first-order valence-corrected chi connectivity index (χ1v) is 4.72. The number of carbonyl (C=O) groups is 1. The molecule has 0 saturated heterocycles.